The van der Waals surface area contributed by atoms with E-state index in [1.807, 2.05) is 6.92 Å². The van der Waals surface area contributed by atoms with Crippen LogP contribution in [-0.4, -0.2) is 31.1 Å². The number of thioether (sulfide) groups is 1. The number of phenols is 1. The van der Waals surface area contributed by atoms with Gasteiger partial charge in [0.15, 0.2) is 0 Å². The van der Waals surface area contributed by atoms with Crippen LogP contribution in [0.2, 0.25) is 0 Å². The monoisotopic (exact) mass is 248 g/mol. The lowest BCUT2D eigenvalue weighted by molar-refractivity contribution is 0.475. The van der Waals surface area contributed by atoms with E-state index in [0.29, 0.717) is 5.16 Å². The highest BCUT2D eigenvalue weighted by molar-refractivity contribution is 7.99. The lowest BCUT2D eigenvalue weighted by Gasteiger charge is -2.03. The minimum absolute atomic E-state index is 0.220. The Labute approximate surface area is 103 Å². The van der Waals surface area contributed by atoms with Crippen LogP contribution in [0.15, 0.2) is 41.6 Å². The first-order chi connectivity index (χ1) is 8.16. The maximum Gasteiger partial charge on any atom is 0.214 e. The van der Waals surface area contributed by atoms with Gasteiger partial charge in [0.2, 0.25) is 5.16 Å². The molecular weight excluding hydrogens is 236 g/mol. The molecule has 17 heavy (non-hydrogen) atoms. The van der Waals surface area contributed by atoms with Gasteiger partial charge < -0.3 is 5.11 Å². The maximum atomic E-state index is 9.22. The van der Waals surface area contributed by atoms with Crippen molar-refractivity contribution in [3.63, 3.8) is 0 Å². The van der Waals surface area contributed by atoms with Gasteiger partial charge in [0.1, 0.15) is 5.75 Å². The standard InChI is InChI=1S/C11H12N4OS/c1-8(2)7-17-11-12-13-14-15(11)9-3-5-10(16)6-4-9/h3-6,16H,1,7H2,2H3. The SMILES string of the molecule is C=C(C)CSc1nnnn1-c1ccc(O)cc1. The smallest absolute Gasteiger partial charge is 0.214 e. The first-order valence-electron chi connectivity index (χ1n) is 5.02. The van der Waals surface area contributed by atoms with E-state index in [1.165, 1.54) is 11.8 Å². The Balaban J connectivity index is 2.24. The molecule has 0 spiro atoms. The summed E-state index contributed by atoms with van der Waals surface area (Å²) >= 11 is 1.53. The normalized spacial score (nSPS) is 10.4. The van der Waals surface area contributed by atoms with Crippen molar-refractivity contribution < 1.29 is 5.11 Å². The molecule has 0 amide bonds. The second-order valence-corrected chi connectivity index (χ2v) is 4.58. The fraction of sp³-hybridized carbons (Fsp3) is 0.182. The van der Waals surface area contributed by atoms with Gasteiger partial charge in [0.05, 0.1) is 5.69 Å². The number of hydrogen-bond donors (Lipinski definition) is 1. The summed E-state index contributed by atoms with van der Waals surface area (Å²) in [6.07, 6.45) is 0. The number of tetrazole rings is 1. The lowest BCUT2D eigenvalue weighted by Crippen LogP contribution is -1.99. The molecule has 0 atom stereocenters. The van der Waals surface area contributed by atoms with E-state index < -0.39 is 0 Å². The summed E-state index contributed by atoms with van der Waals surface area (Å²) in [5.41, 5.74) is 1.88. The number of hydrogen-bond acceptors (Lipinski definition) is 5. The average molecular weight is 248 g/mol. The third-order valence-electron chi connectivity index (χ3n) is 1.98. The molecule has 6 heteroatoms. The second-order valence-electron chi connectivity index (χ2n) is 3.64. The third kappa shape index (κ3) is 2.85. The van der Waals surface area contributed by atoms with Gasteiger partial charge in [-0.1, -0.05) is 23.9 Å². The summed E-state index contributed by atoms with van der Waals surface area (Å²) in [7, 11) is 0. The number of rotatable bonds is 4. The number of aromatic nitrogens is 4. The van der Waals surface area contributed by atoms with E-state index in [0.717, 1.165) is 17.0 Å². The largest absolute Gasteiger partial charge is 0.508 e. The highest BCUT2D eigenvalue weighted by atomic mass is 32.2. The van der Waals surface area contributed by atoms with Crippen molar-refractivity contribution in [1.82, 2.24) is 20.2 Å². The molecule has 0 saturated carbocycles. The van der Waals surface area contributed by atoms with Crippen molar-refractivity contribution in [2.24, 2.45) is 0 Å². The number of phenolic OH excluding ortho intramolecular Hbond substituents is 1. The second kappa shape index (κ2) is 5.01. The summed E-state index contributed by atoms with van der Waals surface area (Å²) < 4.78 is 1.63. The topological polar surface area (TPSA) is 63.8 Å². The maximum absolute atomic E-state index is 9.22. The molecule has 2 rings (SSSR count). The van der Waals surface area contributed by atoms with Crippen LogP contribution < -0.4 is 0 Å². The predicted octanol–water partition coefficient (Wildman–Crippen LogP) is 2.04. The molecule has 1 heterocycles. The third-order valence-corrected chi connectivity index (χ3v) is 3.13. The molecule has 0 fully saturated rings. The number of nitrogens with zero attached hydrogens (tertiary/aromatic N) is 4. The summed E-state index contributed by atoms with van der Waals surface area (Å²) in [4.78, 5) is 0. The van der Waals surface area contributed by atoms with Gasteiger partial charge in [-0.25, -0.2) is 0 Å². The molecule has 0 saturated heterocycles. The summed E-state index contributed by atoms with van der Waals surface area (Å²) in [5.74, 6) is 0.997. The molecule has 0 unspecified atom stereocenters. The van der Waals surface area contributed by atoms with Gasteiger partial charge >= 0.3 is 0 Å². The summed E-state index contributed by atoms with van der Waals surface area (Å²) in [6.45, 7) is 5.80. The van der Waals surface area contributed by atoms with E-state index in [4.69, 9.17) is 0 Å². The van der Waals surface area contributed by atoms with Crippen molar-refractivity contribution in [3.8, 4) is 11.4 Å². The molecule has 0 aliphatic carbocycles. The Morgan fingerprint density at radius 2 is 2.12 bits per heavy atom. The molecule has 1 N–H and O–H groups in total. The minimum atomic E-state index is 0.220. The average Bonchev–Trinajstić information content (AvgIpc) is 2.75. The van der Waals surface area contributed by atoms with Crippen LogP contribution in [0.4, 0.5) is 0 Å². The van der Waals surface area contributed by atoms with Crippen LogP contribution in [0, 0.1) is 0 Å². The van der Waals surface area contributed by atoms with E-state index in [2.05, 4.69) is 22.1 Å². The molecule has 2 aromatic rings. The van der Waals surface area contributed by atoms with Crippen molar-refractivity contribution in [2.75, 3.05) is 5.75 Å². The quantitative estimate of drug-likeness (QED) is 0.662. The van der Waals surface area contributed by atoms with Crippen LogP contribution in [-0.2, 0) is 0 Å². The Kier molecular flexibility index (Phi) is 3.43. The summed E-state index contributed by atoms with van der Waals surface area (Å²) in [5, 5.41) is 21.4. The zero-order valence-electron chi connectivity index (χ0n) is 9.37. The number of benzene rings is 1. The fourth-order valence-corrected chi connectivity index (χ4v) is 1.95. The highest BCUT2D eigenvalue weighted by Gasteiger charge is 2.08. The zero-order chi connectivity index (χ0) is 12.3. The number of aromatic hydroxyl groups is 1. The van der Waals surface area contributed by atoms with Crippen LogP contribution in [0.25, 0.3) is 5.69 Å². The van der Waals surface area contributed by atoms with Gasteiger partial charge in [-0.3, -0.25) is 0 Å². The van der Waals surface area contributed by atoms with E-state index >= 15 is 0 Å². The molecule has 0 aliphatic rings. The molecule has 0 bridgehead atoms. The Hall–Kier alpha value is -1.82. The molecule has 0 radical (unpaired) electrons. The fourth-order valence-electron chi connectivity index (χ4n) is 1.21. The van der Waals surface area contributed by atoms with Crippen LogP contribution in [0.3, 0.4) is 0 Å². The van der Waals surface area contributed by atoms with Crippen molar-refractivity contribution in [2.45, 2.75) is 12.1 Å². The molecule has 0 aliphatic heterocycles. The van der Waals surface area contributed by atoms with Gasteiger partial charge in [0.25, 0.3) is 0 Å². The van der Waals surface area contributed by atoms with Gasteiger partial charge in [-0.15, -0.1) is 5.10 Å². The predicted molar refractivity (Wildman–Crippen MR) is 66.4 cm³/mol. The van der Waals surface area contributed by atoms with Crippen LogP contribution >= 0.6 is 11.8 Å². The highest BCUT2D eigenvalue weighted by Crippen LogP contribution is 2.20. The van der Waals surface area contributed by atoms with Crippen molar-refractivity contribution in [1.29, 1.82) is 0 Å². The Morgan fingerprint density at radius 3 is 2.76 bits per heavy atom. The molecule has 1 aromatic carbocycles. The van der Waals surface area contributed by atoms with E-state index in [-0.39, 0.29) is 5.75 Å². The van der Waals surface area contributed by atoms with Gasteiger partial charge in [0, 0.05) is 5.75 Å². The van der Waals surface area contributed by atoms with Crippen LogP contribution in [0.1, 0.15) is 6.92 Å². The first kappa shape index (κ1) is 11.7. The Morgan fingerprint density at radius 1 is 1.41 bits per heavy atom. The van der Waals surface area contributed by atoms with E-state index in [1.54, 1.807) is 28.9 Å². The molecule has 5 nitrogen and oxygen atoms in total. The van der Waals surface area contributed by atoms with Crippen molar-refractivity contribution in [3.05, 3.63) is 36.4 Å². The molecule has 1 aromatic heterocycles. The van der Waals surface area contributed by atoms with Gasteiger partial charge in [-0.05, 0) is 41.6 Å². The van der Waals surface area contributed by atoms with Crippen molar-refractivity contribution >= 4 is 11.8 Å². The lowest BCUT2D eigenvalue weighted by atomic mass is 10.3. The zero-order valence-corrected chi connectivity index (χ0v) is 10.2. The molecular formula is C11H12N4OS. The van der Waals surface area contributed by atoms with Gasteiger partial charge in [-0.2, -0.15) is 4.68 Å². The molecule has 88 valence electrons. The van der Waals surface area contributed by atoms with Crippen LogP contribution in [0.5, 0.6) is 5.75 Å². The summed E-state index contributed by atoms with van der Waals surface area (Å²) in [6, 6.07) is 6.72. The first-order valence-corrected chi connectivity index (χ1v) is 6.00. The minimum Gasteiger partial charge on any atom is -0.508 e. The van der Waals surface area contributed by atoms with E-state index in [9.17, 15) is 5.11 Å². The Bertz CT molecular complexity index is 521.